The minimum absolute atomic E-state index is 0. The Balaban J connectivity index is -0.0000000267. The monoisotopic (exact) mass is 319 g/mol. The minimum Gasteiger partial charge on any atom is -0.293 e. The van der Waals surface area contributed by atoms with Crippen molar-refractivity contribution in [2.24, 2.45) is 0 Å². The third-order valence-corrected chi connectivity index (χ3v) is 0.304. The topological polar surface area (TPSA) is 0 Å². The van der Waals surface area contributed by atoms with E-state index in [1.165, 1.54) is 6.08 Å². The van der Waals surface area contributed by atoms with Crippen LogP contribution >= 0.6 is 24.8 Å². The first-order chi connectivity index (χ1) is 2.41. The SMILES string of the molecule is Cl.Cl.[CH-]=C/C=C/C.[Hf]. The fourth-order valence-corrected chi connectivity index (χ4v) is 0.111. The van der Waals surface area contributed by atoms with E-state index in [1.807, 2.05) is 13.0 Å². The van der Waals surface area contributed by atoms with Crippen molar-refractivity contribution in [3.63, 3.8) is 0 Å². The molecule has 0 amide bonds. The number of halogens is 2. The van der Waals surface area contributed by atoms with Crippen LogP contribution in [0.3, 0.4) is 0 Å². The van der Waals surface area contributed by atoms with Crippen LogP contribution in [0.2, 0.25) is 0 Å². The van der Waals surface area contributed by atoms with Gasteiger partial charge in [-0.05, 0) is 0 Å². The van der Waals surface area contributed by atoms with Crippen LogP contribution < -0.4 is 0 Å². The van der Waals surface area contributed by atoms with Crippen molar-refractivity contribution in [3.05, 3.63) is 24.8 Å². The third kappa shape index (κ3) is 28.4. The second-order valence-corrected chi connectivity index (χ2v) is 0.718. The van der Waals surface area contributed by atoms with E-state index in [0.29, 0.717) is 0 Å². The summed E-state index contributed by atoms with van der Waals surface area (Å²) < 4.78 is 0. The molecule has 0 nitrogen and oxygen atoms in total. The van der Waals surface area contributed by atoms with E-state index in [9.17, 15) is 0 Å². The molecule has 0 aliphatic rings. The summed E-state index contributed by atoms with van der Waals surface area (Å²) in [6, 6.07) is 0. The van der Waals surface area contributed by atoms with Crippen LogP contribution in [0.4, 0.5) is 0 Å². The molecule has 0 bridgehead atoms. The second-order valence-electron chi connectivity index (χ2n) is 0.718. The maximum Gasteiger partial charge on any atom is 0 e. The average Bonchev–Trinajstić information content (AvgIpc) is 1.41. The molecule has 0 aromatic heterocycles. The van der Waals surface area contributed by atoms with Crippen LogP contribution in [-0.4, -0.2) is 0 Å². The zero-order chi connectivity index (χ0) is 4.12. The molecule has 0 unspecified atom stereocenters. The van der Waals surface area contributed by atoms with Crippen molar-refractivity contribution in [1.29, 1.82) is 0 Å². The Morgan fingerprint density at radius 3 is 1.62 bits per heavy atom. The van der Waals surface area contributed by atoms with Crippen molar-refractivity contribution in [2.45, 2.75) is 6.92 Å². The van der Waals surface area contributed by atoms with Gasteiger partial charge < -0.3 is 0 Å². The van der Waals surface area contributed by atoms with Gasteiger partial charge in [0, 0.05) is 25.8 Å². The predicted molar refractivity (Wildman–Crippen MR) is 38.2 cm³/mol. The molecule has 0 radical (unpaired) electrons. The van der Waals surface area contributed by atoms with E-state index >= 15 is 0 Å². The van der Waals surface area contributed by atoms with E-state index in [2.05, 4.69) is 0 Å². The van der Waals surface area contributed by atoms with Gasteiger partial charge in [0.25, 0.3) is 0 Å². The summed E-state index contributed by atoms with van der Waals surface area (Å²) >= 11 is 0. The van der Waals surface area contributed by atoms with Crippen molar-refractivity contribution in [2.75, 3.05) is 0 Å². The van der Waals surface area contributed by atoms with Crippen LogP contribution in [0.15, 0.2) is 18.2 Å². The van der Waals surface area contributed by atoms with Gasteiger partial charge in [0.1, 0.15) is 0 Å². The van der Waals surface area contributed by atoms with Crippen LogP contribution in [0.1, 0.15) is 6.92 Å². The first kappa shape index (κ1) is 23.1. The summed E-state index contributed by atoms with van der Waals surface area (Å²) in [7, 11) is 0. The van der Waals surface area contributed by atoms with E-state index < -0.39 is 0 Å². The molecule has 0 saturated heterocycles. The summed E-state index contributed by atoms with van der Waals surface area (Å²) in [5, 5.41) is 0. The first-order valence-corrected chi connectivity index (χ1v) is 1.58. The Labute approximate surface area is 82.0 Å². The fourth-order valence-electron chi connectivity index (χ4n) is 0.111. The Bertz CT molecular complexity index is 52.4. The summed E-state index contributed by atoms with van der Waals surface area (Å²) in [5.41, 5.74) is 0. The second kappa shape index (κ2) is 24.7. The van der Waals surface area contributed by atoms with Crippen LogP contribution in [0, 0.1) is 6.58 Å². The molecule has 48 valence electrons. The minimum atomic E-state index is 0. The first-order valence-electron chi connectivity index (χ1n) is 1.58. The van der Waals surface area contributed by atoms with Gasteiger partial charge in [0.2, 0.25) is 0 Å². The Morgan fingerprint density at radius 1 is 1.25 bits per heavy atom. The van der Waals surface area contributed by atoms with E-state index in [-0.39, 0.29) is 50.7 Å². The van der Waals surface area contributed by atoms with Gasteiger partial charge in [-0.25, -0.2) is 12.2 Å². The van der Waals surface area contributed by atoms with Gasteiger partial charge in [-0.2, -0.15) is 6.08 Å². The summed E-state index contributed by atoms with van der Waals surface area (Å²) in [5.74, 6) is 0. The Kier molecular flexibility index (Phi) is 71.2. The van der Waals surface area contributed by atoms with E-state index in [1.54, 1.807) is 6.08 Å². The van der Waals surface area contributed by atoms with Crippen molar-refractivity contribution < 1.29 is 25.8 Å². The van der Waals surface area contributed by atoms with Crippen molar-refractivity contribution in [3.8, 4) is 0 Å². The summed E-state index contributed by atoms with van der Waals surface area (Å²) in [4.78, 5) is 0. The maximum atomic E-state index is 4.93. The molecular formula is C5H9Cl2Hf-. The zero-order valence-electron chi connectivity index (χ0n) is 4.63. The molecule has 3 heteroatoms. The summed E-state index contributed by atoms with van der Waals surface area (Å²) in [6.45, 7) is 6.85. The molecule has 0 aromatic carbocycles. The number of hydrogen-bond acceptors (Lipinski definition) is 0. The fraction of sp³-hybridized carbons (Fsp3) is 0.200. The van der Waals surface area contributed by atoms with Gasteiger partial charge in [-0.15, -0.1) is 24.8 Å². The van der Waals surface area contributed by atoms with Gasteiger partial charge in [-0.3, -0.25) is 6.58 Å². The van der Waals surface area contributed by atoms with Crippen LogP contribution in [0.25, 0.3) is 0 Å². The quantitative estimate of drug-likeness (QED) is 0.396. The van der Waals surface area contributed by atoms with E-state index in [0.717, 1.165) is 0 Å². The molecule has 0 aliphatic carbocycles. The normalized spacial score (nSPS) is 5.62. The Hall–Kier alpha value is 0.930. The summed E-state index contributed by atoms with van der Waals surface area (Å²) in [6.07, 6.45) is 5.15. The van der Waals surface area contributed by atoms with Gasteiger partial charge >= 0.3 is 0 Å². The molecule has 0 spiro atoms. The number of hydrogen-bond donors (Lipinski definition) is 0. The van der Waals surface area contributed by atoms with Crippen molar-refractivity contribution >= 4 is 24.8 Å². The van der Waals surface area contributed by atoms with Gasteiger partial charge in [0.15, 0.2) is 0 Å². The standard InChI is InChI=1S/C5H7.2ClH.Hf/c1-3-5-4-2;;;/h1,3-5H,2H3;2*1H;/q-1;;;/b5-4+;;;. The average molecular weight is 319 g/mol. The molecule has 0 rings (SSSR count). The largest absolute Gasteiger partial charge is 0.293 e. The van der Waals surface area contributed by atoms with Crippen molar-refractivity contribution in [1.82, 2.24) is 0 Å². The van der Waals surface area contributed by atoms with E-state index in [4.69, 9.17) is 6.58 Å². The number of allylic oxidation sites excluding steroid dienone is 3. The third-order valence-electron chi connectivity index (χ3n) is 0.304. The molecule has 0 atom stereocenters. The van der Waals surface area contributed by atoms with Gasteiger partial charge in [0.05, 0.1) is 0 Å². The molecule has 0 heterocycles. The number of rotatable bonds is 1. The maximum absolute atomic E-state index is 4.93. The molecule has 0 N–H and O–H groups in total. The molecule has 0 aromatic rings. The molecule has 8 heavy (non-hydrogen) atoms. The molecule has 0 saturated carbocycles. The molecule has 0 aliphatic heterocycles. The van der Waals surface area contributed by atoms with Crippen LogP contribution in [0.5, 0.6) is 0 Å². The predicted octanol–water partition coefficient (Wildman–Crippen LogP) is 2.39. The van der Waals surface area contributed by atoms with Gasteiger partial charge in [-0.1, -0.05) is 6.92 Å². The Morgan fingerprint density at radius 2 is 1.62 bits per heavy atom. The zero-order valence-corrected chi connectivity index (χ0v) is 9.85. The molecule has 0 fully saturated rings. The van der Waals surface area contributed by atoms with Crippen LogP contribution in [-0.2, 0) is 25.8 Å². The molecular weight excluding hydrogens is 309 g/mol. The smallest absolute Gasteiger partial charge is 0 e.